The van der Waals surface area contributed by atoms with Gasteiger partial charge in [0.05, 0.1) is 0 Å². The van der Waals surface area contributed by atoms with E-state index in [2.05, 4.69) is 10.3 Å². The van der Waals surface area contributed by atoms with Crippen LogP contribution in [0.3, 0.4) is 0 Å². The van der Waals surface area contributed by atoms with E-state index in [1.54, 1.807) is 0 Å². The summed E-state index contributed by atoms with van der Waals surface area (Å²) in [6.07, 6.45) is -10.3. The second-order valence-corrected chi connectivity index (χ2v) is 3.32. The Hall–Kier alpha value is -1.28. The van der Waals surface area contributed by atoms with Crippen LogP contribution in [0.15, 0.2) is 0 Å². The van der Waals surface area contributed by atoms with Crippen LogP contribution in [-0.2, 0) is 12.4 Å². The summed E-state index contributed by atoms with van der Waals surface area (Å²) in [4.78, 5) is 0. The monoisotopic (exact) mass is 247 g/mol. The van der Waals surface area contributed by atoms with Crippen LogP contribution in [0, 0.1) is 0 Å². The molecule has 0 saturated heterocycles. The van der Waals surface area contributed by atoms with E-state index in [1.165, 1.54) is 13.8 Å². The van der Waals surface area contributed by atoms with Crippen molar-refractivity contribution in [2.45, 2.75) is 32.2 Å². The topological polar surface area (TPSA) is 30.7 Å². The van der Waals surface area contributed by atoms with E-state index >= 15 is 0 Å². The summed E-state index contributed by atoms with van der Waals surface area (Å²) in [7, 11) is 0. The zero-order valence-electron chi connectivity index (χ0n) is 8.19. The Bertz CT molecular complexity index is 374. The quantitative estimate of drug-likeness (QED) is 0.714. The molecule has 0 bridgehead atoms. The van der Waals surface area contributed by atoms with Crippen molar-refractivity contribution in [3.63, 3.8) is 0 Å². The standard InChI is InChI=1S/C7H7F6N3/c1-3(2)16-5(7(11,12)13)4(14-15-16)6(8,9)10/h3H,1-2H3. The van der Waals surface area contributed by atoms with Crippen molar-refractivity contribution in [2.24, 2.45) is 0 Å². The lowest BCUT2D eigenvalue weighted by molar-refractivity contribution is -0.167. The highest BCUT2D eigenvalue weighted by Gasteiger charge is 2.49. The number of alkyl halides is 6. The van der Waals surface area contributed by atoms with E-state index in [4.69, 9.17) is 0 Å². The van der Waals surface area contributed by atoms with E-state index in [0.29, 0.717) is 0 Å². The van der Waals surface area contributed by atoms with Gasteiger partial charge in [0.2, 0.25) is 0 Å². The molecule has 0 atom stereocenters. The minimum atomic E-state index is -5.17. The molecule has 0 saturated carbocycles. The second-order valence-electron chi connectivity index (χ2n) is 3.32. The van der Waals surface area contributed by atoms with Crippen LogP contribution >= 0.6 is 0 Å². The van der Waals surface area contributed by atoms with Gasteiger partial charge in [-0.2, -0.15) is 26.3 Å². The van der Waals surface area contributed by atoms with E-state index < -0.39 is 29.8 Å². The molecule has 0 aliphatic heterocycles. The minimum absolute atomic E-state index is 0.211. The highest BCUT2D eigenvalue weighted by molar-refractivity contribution is 5.17. The zero-order chi connectivity index (χ0) is 12.7. The number of nitrogens with zero attached hydrogens (tertiary/aromatic N) is 3. The van der Waals surface area contributed by atoms with Gasteiger partial charge in [0.15, 0.2) is 11.4 Å². The number of halogens is 6. The number of hydrogen-bond donors (Lipinski definition) is 0. The van der Waals surface area contributed by atoms with E-state index in [1.807, 2.05) is 0 Å². The average Bonchev–Trinajstić information content (AvgIpc) is 2.43. The fourth-order valence-electron chi connectivity index (χ4n) is 1.11. The molecular weight excluding hydrogens is 240 g/mol. The molecule has 0 aliphatic carbocycles. The van der Waals surface area contributed by atoms with E-state index in [9.17, 15) is 26.3 Å². The fourth-order valence-corrected chi connectivity index (χ4v) is 1.11. The maximum absolute atomic E-state index is 12.4. The molecule has 0 unspecified atom stereocenters. The van der Waals surface area contributed by atoms with Gasteiger partial charge in [-0.1, -0.05) is 5.21 Å². The highest BCUT2D eigenvalue weighted by atomic mass is 19.4. The molecule has 0 aromatic carbocycles. The molecule has 0 spiro atoms. The van der Waals surface area contributed by atoms with Crippen LogP contribution < -0.4 is 0 Å². The molecule has 16 heavy (non-hydrogen) atoms. The third kappa shape index (κ3) is 2.27. The lowest BCUT2D eigenvalue weighted by atomic mass is 10.2. The molecule has 0 radical (unpaired) electrons. The van der Waals surface area contributed by atoms with Gasteiger partial charge >= 0.3 is 12.4 Å². The predicted molar refractivity (Wildman–Crippen MR) is 40.4 cm³/mol. The SMILES string of the molecule is CC(C)n1nnc(C(F)(F)F)c1C(F)(F)F. The van der Waals surface area contributed by atoms with Crippen molar-refractivity contribution < 1.29 is 26.3 Å². The molecule has 0 N–H and O–H groups in total. The van der Waals surface area contributed by atoms with Crippen molar-refractivity contribution in [1.29, 1.82) is 0 Å². The summed E-state index contributed by atoms with van der Waals surface area (Å²) in [6, 6.07) is -0.861. The summed E-state index contributed by atoms with van der Waals surface area (Å²) in [5.41, 5.74) is -3.87. The predicted octanol–water partition coefficient (Wildman–Crippen LogP) is 2.90. The summed E-state index contributed by atoms with van der Waals surface area (Å²) in [6.45, 7) is 2.56. The van der Waals surface area contributed by atoms with Gasteiger partial charge in [0.25, 0.3) is 0 Å². The smallest absolute Gasteiger partial charge is 0.237 e. The Kier molecular flexibility index (Phi) is 2.90. The highest BCUT2D eigenvalue weighted by Crippen LogP contribution is 2.39. The third-order valence-electron chi connectivity index (χ3n) is 1.72. The minimum Gasteiger partial charge on any atom is -0.237 e. The Morgan fingerprint density at radius 2 is 1.50 bits per heavy atom. The summed E-state index contributed by atoms with van der Waals surface area (Å²) < 4.78 is 74.2. The maximum atomic E-state index is 12.4. The molecule has 1 aromatic heterocycles. The number of aromatic nitrogens is 3. The normalized spacial score (nSPS) is 13.6. The van der Waals surface area contributed by atoms with Gasteiger partial charge < -0.3 is 0 Å². The molecule has 9 heteroatoms. The van der Waals surface area contributed by atoms with Crippen LogP contribution in [0.1, 0.15) is 31.3 Å². The Morgan fingerprint density at radius 3 is 1.81 bits per heavy atom. The largest absolute Gasteiger partial charge is 0.437 e. The molecule has 0 aliphatic rings. The molecule has 1 heterocycles. The van der Waals surface area contributed by atoms with Crippen LogP contribution in [0.4, 0.5) is 26.3 Å². The van der Waals surface area contributed by atoms with Crippen LogP contribution in [0.5, 0.6) is 0 Å². The first kappa shape index (κ1) is 12.8. The average molecular weight is 247 g/mol. The number of hydrogen-bond acceptors (Lipinski definition) is 2. The first-order chi connectivity index (χ1) is 7.05. The first-order valence-corrected chi connectivity index (χ1v) is 4.14. The first-order valence-electron chi connectivity index (χ1n) is 4.14. The molecule has 3 nitrogen and oxygen atoms in total. The maximum Gasteiger partial charge on any atom is 0.437 e. The Balaban J connectivity index is 3.44. The molecule has 1 aromatic rings. The lowest BCUT2D eigenvalue weighted by Crippen LogP contribution is -2.21. The molecule has 1 rings (SSSR count). The van der Waals surface area contributed by atoms with Crippen molar-refractivity contribution in [3.8, 4) is 0 Å². The van der Waals surface area contributed by atoms with Gasteiger partial charge in [-0.3, -0.25) is 0 Å². The Labute approximate surface area is 86.0 Å². The van der Waals surface area contributed by atoms with Crippen LogP contribution in [0.2, 0.25) is 0 Å². The second kappa shape index (κ2) is 3.63. The van der Waals surface area contributed by atoms with Crippen molar-refractivity contribution in [2.75, 3.05) is 0 Å². The molecule has 0 fully saturated rings. The van der Waals surface area contributed by atoms with Crippen LogP contribution in [0.25, 0.3) is 0 Å². The molecule has 92 valence electrons. The fraction of sp³-hybridized carbons (Fsp3) is 0.714. The Morgan fingerprint density at radius 1 is 1.00 bits per heavy atom. The van der Waals surface area contributed by atoms with Crippen molar-refractivity contribution in [3.05, 3.63) is 11.4 Å². The van der Waals surface area contributed by atoms with E-state index in [0.717, 1.165) is 0 Å². The molecule has 0 amide bonds. The van der Waals surface area contributed by atoms with Crippen LogP contribution in [-0.4, -0.2) is 15.0 Å². The van der Waals surface area contributed by atoms with Crippen molar-refractivity contribution >= 4 is 0 Å². The van der Waals surface area contributed by atoms with Gasteiger partial charge in [0, 0.05) is 6.04 Å². The third-order valence-corrected chi connectivity index (χ3v) is 1.72. The zero-order valence-corrected chi connectivity index (χ0v) is 8.19. The van der Waals surface area contributed by atoms with E-state index in [-0.39, 0.29) is 4.68 Å². The summed E-state index contributed by atoms with van der Waals surface area (Å²) >= 11 is 0. The lowest BCUT2D eigenvalue weighted by Gasteiger charge is -2.14. The number of rotatable bonds is 1. The van der Waals surface area contributed by atoms with Gasteiger partial charge in [-0.05, 0) is 13.8 Å². The molecular formula is C7H7F6N3. The summed E-state index contributed by atoms with van der Waals surface area (Å²) in [5, 5.41) is 5.42. The summed E-state index contributed by atoms with van der Waals surface area (Å²) in [5.74, 6) is 0. The van der Waals surface area contributed by atoms with Gasteiger partial charge in [0.1, 0.15) is 0 Å². The van der Waals surface area contributed by atoms with Gasteiger partial charge in [-0.15, -0.1) is 5.10 Å². The van der Waals surface area contributed by atoms with Crippen molar-refractivity contribution in [1.82, 2.24) is 15.0 Å². The van der Waals surface area contributed by atoms with Gasteiger partial charge in [-0.25, -0.2) is 4.68 Å².